The van der Waals surface area contributed by atoms with E-state index in [9.17, 15) is 18.0 Å². The number of rotatable bonds is 6. The Hall–Kier alpha value is -2.13. The second-order valence-corrected chi connectivity index (χ2v) is 9.64. The normalized spacial score (nSPS) is 21.1. The second kappa shape index (κ2) is 8.08. The molecule has 3 rings (SSSR count). The fourth-order valence-corrected chi connectivity index (χ4v) is 5.47. The molecule has 2 atom stereocenters. The third kappa shape index (κ3) is 4.15. The van der Waals surface area contributed by atoms with Gasteiger partial charge in [0.15, 0.2) is 5.58 Å². The Morgan fingerprint density at radius 2 is 1.93 bits per heavy atom. The van der Waals surface area contributed by atoms with E-state index in [1.807, 2.05) is 20.8 Å². The molecule has 8 nitrogen and oxygen atoms in total. The average Bonchev–Trinajstić information content (AvgIpc) is 2.93. The number of carbonyl (C=O) groups is 1. The number of nitrogens with zero attached hydrogens (tertiary/aromatic N) is 2. The zero-order valence-electron chi connectivity index (χ0n) is 16.5. The van der Waals surface area contributed by atoms with E-state index in [1.54, 1.807) is 0 Å². The number of piperidine rings is 1. The summed E-state index contributed by atoms with van der Waals surface area (Å²) in [4.78, 5) is 24.2. The Morgan fingerprint density at radius 1 is 1.25 bits per heavy atom. The van der Waals surface area contributed by atoms with Crippen molar-refractivity contribution < 1.29 is 17.6 Å². The maximum Gasteiger partial charge on any atom is 0.420 e. The zero-order valence-corrected chi connectivity index (χ0v) is 17.3. The highest BCUT2D eigenvalue weighted by atomic mass is 32.2. The van der Waals surface area contributed by atoms with Crippen LogP contribution in [0, 0.1) is 11.8 Å². The number of amides is 1. The van der Waals surface area contributed by atoms with E-state index in [0.29, 0.717) is 37.0 Å². The number of oxazole rings is 1. The first-order valence-corrected chi connectivity index (χ1v) is 11.1. The molecule has 0 bridgehead atoms. The van der Waals surface area contributed by atoms with Crippen LogP contribution in [0.5, 0.6) is 0 Å². The van der Waals surface area contributed by atoms with Gasteiger partial charge in [-0.3, -0.25) is 9.36 Å². The van der Waals surface area contributed by atoms with Crippen LogP contribution in [0.3, 0.4) is 0 Å². The number of hydrogen-bond donors (Lipinski definition) is 1. The molecule has 1 aromatic heterocycles. The Kier molecular flexibility index (Phi) is 5.95. The largest absolute Gasteiger partial charge is 0.420 e. The Balaban J connectivity index is 1.91. The van der Waals surface area contributed by atoms with E-state index in [4.69, 9.17) is 4.42 Å². The first kappa shape index (κ1) is 20.6. The molecule has 1 saturated heterocycles. The molecule has 0 aliphatic carbocycles. The number of benzene rings is 1. The molecule has 9 heteroatoms. The summed E-state index contributed by atoms with van der Waals surface area (Å²) in [6, 6.07) is 4.37. The van der Waals surface area contributed by atoms with Gasteiger partial charge >= 0.3 is 5.76 Å². The summed E-state index contributed by atoms with van der Waals surface area (Å²) in [6.45, 7) is 7.35. The van der Waals surface area contributed by atoms with Crippen LogP contribution < -0.4 is 11.1 Å². The van der Waals surface area contributed by atoms with E-state index >= 15 is 0 Å². The lowest BCUT2D eigenvalue weighted by Crippen LogP contribution is -2.42. The van der Waals surface area contributed by atoms with Crippen LogP contribution >= 0.6 is 0 Å². The van der Waals surface area contributed by atoms with Gasteiger partial charge in [0, 0.05) is 25.7 Å². The molecule has 1 aromatic carbocycles. The van der Waals surface area contributed by atoms with Crippen molar-refractivity contribution in [2.75, 3.05) is 19.6 Å². The molecule has 28 heavy (non-hydrogen) atoms. The highest BCUT2D eigenvalue weighted by Gasteiger charge is 2.32. The Bertz CT molecular complexity index is 1010. The highest BCUT2D eigenvalue weighted by molar-refractivity contribution is 7.89. The Morgan fingerprint density at radius 3 is 2.57 bits per heavy atom. The monoisotopic (exact) mass is 409 g/mol. The summed E-state index contributed by atoms with van der Waals surface area (Å²) in [5.41, 5.74) is 0.559. The standard InChI is InChI=1S/C19H27N3O5S/c1-4-7-20-18(23)12-22-16-6-5-15(9-17(16)27-19(22)24)28(25,26)21-10-13(2)8-14(3)11-21/h5-6,9,13-14H,4,7-8,10-12H2,1-3H3,(H,20,23)/t13-,14-/m0/s1. The third-order valence-corrected chi connectivity index (χ3v) is 6.81. The fraction of sp³-hybridized carbons (Fsp3) is 0.579. The number of hydrogen-bond acceptors (Lipinski definition) is 5. The van der Waals surface area contributed by atoms with Crippen LogP contribution in [0.15, 0.2) is 32.3 Å². The van der Waals surface area contributed by atoms with Gasteiger partial charge in [0.2, 0.25) is 15.9 Å². The van der Waals surface area contributed by atoms with E-state index < -0.39 is 15.8 Å². The molecule has 1 N–H and O–H groups in total. The lowest BCUT2D eigenvalue weighted by atomic mass is 9.94. The molecule has 0 spiro atoms. The molecule has 2 heterocycles. The van der Waals surface area contributed by atoms with E-state index in [0.717, 1.165) is 12.8 Å². The SMILES string of the molecule is CCCNC(=O)Cn1c(=O)oc2cc(S(=O)(=O)N3C[C@@H](C)C[C@H](C)C3)ccc21. The van der Waals surface area contributed by atoms with Crippen molar-refractivity contribution in [2.45, 2.75) is 45.1 Å². The van der Waals surface area contributed by atoms with Gasteiger partial charge in [0.05, 0.1) is 10.4 Å². The zero-order chi connectivity index (χ0) is 20.5. The second-order valence-electron chi connectivity index (χ2n) is 7.70. The maximum atomic E-state index is 13.0. The van der Waals surface area contributed by atoms with Crippen molar-refractivity contribution >= 4 is 27.0 Å². The molecule has 154 valence electrons. The number of fused-ring (bicyclic) bond motifs is 1. The molecular formula is C19H27N3O5S. The summed E-state index contributed by atoms with van der Waals surface area (Å²) in [5, 5.41) is 2.71. The van der Waals surface area contributed by atoms with Gasteiger partial charge in [-0.05, 0) is 36.8 Å². The van der Waals surface area contributed by atoms with E-state index in [1.165, 1.54) is 27.1 Å². The topological polar surface area (TPSA) is 102 Å². The van der Waals surface area contributed by atoms with Gasteiger partial charge in [0.25, 0.3) is 0 Å². The van der Waals surface area contributed by atoms with Gasteiger partial charge in [-0.25, -0.2) is 13.2 Å². The van der Waals surface area contributed by atoms with Crippen molar-refractivity contribution in [2.24, 2.45) is 11.8 Å². The first-order valence-electron chi connectivity index (χ1n) is 9.62. The maximum absolute atomic E-state index is 13.0. The summed E-state index contributed by atoms with van der Waals surface area (Å²) in [7, 11) is -3.68. The minimum Gasteiger partial charge on any atom is -0.408 e. The molecular weight excluding hydrogens is 382 g/mol. The number of aromatic nitrogens is 1. The number of sulfonamides is 1. The van der Waals surface area contributed by atoms with Gasteiger partial charge in [0.1, 0.15) is 6.54 Å². The van der Waals surface area contributed by atoms with Gasteiger partial charge in [-0.1, -0.05) is 20.8 Å². The average molecular weight is 410 g/mol. The van der Waals surface area contributed by atoms with Crippen LogP contribution in [0.1, 0.15) is 33.6 Å². The molecule has 0 saturated carbocycles. The summed E-state index contributed by atoms with van der Waals surface area (Å²) in [5.74, 6) is -0.387. The quantitative estimate of drug-likeness (QED) is 0.784. The summed E-state index contributed by atoms with van der Waals surface area (Å²) in [6.07, 6.45) is 1.80. The molecule has 1 aliphatic heterocycles. The van der Waals surface area contributed by atoms with Crippen LogP contribution in [0.25, 0.3) is 11.1 Å². The van der Waals surface area contributed by atoms with Crippen LogP contribution in [0.4, 0.5) is 0 Å². The van der Waals surface area contributed by atoms with Crippen molar-refractivity contribution in [1.29, 1.82) is 0 Å². The van der Waals surface area contributed by atoms with Crippen LogP contribution in [-0.4, -0.2) is 42.8 Å². The van der Waals surface area contributed by atoms with E-state index in [-0.39, 0.29) is 22.9 Å². The van der Waals surface area contributed by atoms with Crippen LogP contribution in [0.2, 0.25) is 0 Å². The minimum absolute atomic E-state index is 0.0950. The predicted molar refractivity (Wildman–Crippen MR) is 105 cm³/mol. The van der Waals surface area contributed by atoms with Gasteiger partial charge in [-0.2, -0.15) is 4.31 Å². The third-order valence-electron chi connectivity index (χ3n) is 4.99. The van der Waals surface area contributed by atoms with Crippen molar-refractivity contribution in [3.63, 3.8) is 0 Å². The van der Waals surface area contributed by atoms with Crippen molar-refractivity contribution in [3.8, 4) is 0 Å². The smallest absolute Gasteiger partial charge is 0.408 e. The summed E-state index contributed by atoms with van der Waals surface area (Å²) < 4.78 is 34.0. The number of carbonyl (C=O) groups excluding carboxylic acids is 1. The van der Waals surface area contributed by atoms with Gasteiger partial charge < -0.3 is 9.73 Å². The molecule has 2 aromatic rings. The predicted octanol–water partition coefficient (Wildman–Crippen LogP) is 1.79. The van der Waals surface area contributed by atoms with Crippen molar-refractivity contribution in [1.82, 2.24) is 14.2 Å². The summed E-state index contributed by atoms with van der Waals surface area (Å²) >= 11 is 0. The lowest BCUT2D eigenvalue weighted by Gasteiger charge is -2.34. The molecule has 1 amide bonds. The fourth-order valence-electron chi connectivity index (χ4n) is 3.77. The lowest BCUT2D eigenvalue weighted by molar-refractivity contribution is -0.121. The Labute approximate surface area is 164 Å². The number of nitrogens with one attached hydrogen (secondary N) is 1. The highest BCUT2D eigenvalue weighted by Crippen LogP contribution is 2.28. The molecule has 1 fully saturated rings. The van der Waals surface area contributed by atoms with E-state index in [2.05, 4.69) is 5.32 Å². The molecule has 1 aliphatic rings. The first-order chi connectivity index (χ1) is 13.2. The molecule has 0 unspecified atom stereocenters. The minimum atomic E-state index is -3.68. The van der Waals surface area contributed by atoms with Crippen LogP contribution in [-0.2, 0) is 21.4 Å². The van der Waals surface area contributed by atoms with Crippen molar-refractivity contribution in [3.05, 3.63) is 28.7 Å². The van der Waals surface area contributed by atoms with Gasteiger partial charge in [-0.15, -0.1) is 0 Å². The molecule has 0 radical (unpaired) electrons.